The van der Waals surface area contributed by atoms with Crippen LogP contribution in [0, 0.1) is 0 Å². The van der Waals surface area contributed by atoms with Gasteiger partial charge in [0.25, 0.3) is 0 Å². The molecule has 1 aliphatic heterocycles. The Balaban J connectivity index is 1.97. The van der Waals surface area contributed by atoms with Crippen LogP contribution in [0.3, 0.4) is 0 Å². The molecular formula is C23H18BrNO4. The van der Waals surface area contributed by atoms with E-state index in [4.69, 9.17) is 4.74 Å². The minimum Gasteiger partial charge on any atom is -0.463 e. The molecule has 29 heavy (non-hydrogen) atoms. The van der Waals surface area contributed by atoms with Gasteiger partial charge in [0.1, 0.15) is 0 Å². The smallest absolute Gasteiger partial charge is 0.336 e. The average molecular weight is 452 g/mol. The van der Waals surface area contributed by atoms with E-state index in [1.165, 1.54) is 0 Å². The van der Waals surface area contributed by atoms with Crippen molar-refractivity contribution in [2.45, 2.75) is 19.8 Å². The summed E-state index contributed by atoms with van der Waals surface area (Å²) in [5, 5.41) is 3.02. The van der Waals surface area contributed by atoms with Gasteiger partial charge in [0.2, 0.25) is 5.78 Å². The van der Waals surface area contributed by atoms with Crippen molar-refractivity contribution in [2.24, 2.45) is 0 Å². The Kier molecular flexibility index (Phi) is 4.96. The van der Waals surface area contributed by atoms with Gasteiger partial charge < -0.3 is 10.1 Å². The first-order valence-electron chi connectivity index (χ1n) is 9.27. The number of hydrogen-bond acceptors (Lipinski definition) is 5. The molecule has 1 N–H and O–H groups in total. The third-order valence-corrected chi connectivity index (χ3v) is 5.62. The first-order chi connectivity index (χ1) is 13.9. The normalized spacial score (nSPS) is 18.2. The molecule has 0 fully saturated rings. The Morgan fingerprint density at radius 3 is 2.41 bits per heavy atom. The van der Waals surface area contributed by atoms with Gasteiger partial charge >= 0.3 is 5.97 Å². The lowest BCUT2D eigenvalue weighted by Gasteiger charge is -2.34. The monoisotopic (exact) mass is 451 g/mol. The standard InChI is InChI=1S/C23H18BrNO4/c1-3-29-23(28)17-12(2)25-20-19(18(17)13-7-6-8-14(24)11-13)21(26)15-9-4-5-10-16(15)22(20)27/h4-11,18,25H,3H2,1-2H3. The van der Waals surface area contributed by atoms with Crippen molar-refractivity contribution >= 4 is 33.5 Å². The number of halogens is 1. The summed E-state index contributed by atoms with van der Waals surface area (Å²) in [5.41, 5.74) is 2.79. The Bertz CT molecular complexity index is 1130. The predicted molar refractivity (Wildman–Crippen MR) is 111 cm³/mol. The zero-order valence-corrected chi connectivity index (χ0v) is 17.5. The molecule has 1 heterocycles. The van der Waals surface area contributed by atoms with Gasteiger partial charge in [0.15, 0.2) is 5.78 Å². The summed E-state index contributed by atoms with van der Waals surface area (Å²) in [5.74, 6) is -1.72. The van der Waals surface area contributed by atoms with E-state index in [9.17, 15) is 14.4 Å². The van der Waals surface area contributed by atoms with Crippen LogP contribution in [0.1, 0.15) is 46.0 Å². The van der Waals surface area contributed by atoms with E-state index in [1.807, 2.05) is 24.3 Å². The molecule has 0 amide bonds. The van der Waals surface area contributed by atoms with E-state index >= 15 is 0 Å². The van der Waals surface area contributed by atoms with Gasteiger partial charge in [-0.2, -0.15) is 0 Å². The van der Waals surface area contributed by atoms with Crippen LogP contribution in [-0.4, -0.2) is 24.1 Å². The van der Waals surface area contributed by atoms with E-state index < -0.39 is 11.9 Å². The number of ether oxygens (including phenoxy) is 1. The zero-order valence-electron chi connectivity index (χ0n) is 15.9. The van der Waals surface area contributed by atoms with E-state index in [2.05, 4.69) is 21.2 Å². The van der Waals surface area contributed by atoms with Crippen LogP contribution >= 0.6 is 15.9 Å². The quantitative estimate of drug-likeness (QED) is 0.703. The minimum atomic E-state index is -0.701. The summed E-state index contributed by atoms with van der Waals surface area (Å²) in [7, 11) is 0. The van der Waals surface area contributed by atoms with E-state index in [0.717, 1.165) is 10.0 Å². The van der Waals surface area contributed by atoms with Crippen molar-refractivity contribution in [1.82, 2.24) is 5.32 Å². The molecule has 0 aromatic heterocycles. The Labute approximate surface area is 176 Å². The van der Waals surface area contributed by atoms with Gasteiger partial charge in [-0.25, -0.2) is 4.79 Å². The van der Waals surface area contributed by atoms with Crippen molar-refractivity contribution in [1.29, 1.82) is 0 Å². The lowest BCUT2D eigenvalue weighted by atomic mass is 9.73. The van der Waals surface area contributed by atoms with Crippen LogP contribution in [0.5, 0.6) is 0 Å². The molecule has 6 heteroatoms. The summed E-state index contributed by atoms with van der Waals surface area (Å²) in [4.78, 5) is 39.5. The molecular weight excluding hydrogens is 434 g/mol. The molecule has 1 aliphatic carbocycles. The van der Waals surface area contributed by atoms with Crippen molar-refractivity contribution in [3.63, 3.8) is 0 Å². The molecule has 0 radical (unpaired) electrons. The van der Waals surface area contributed by atoms with Gasteiger partial charge in [0, 0.05) is 32.8 Å². The molecule has 5 nitrogen and oxygen atoms in total. The van der Waals surface area contributed by atoms with Gasteiger partial charge in [-0.3, -0.25) is 9.59 Å². The lowest BCUT2D eigenvalue weighted by molar-refractivity contribution is -0.138. The van der Waals surface area contributed by atoms with Gasteiger partial charge in [-0.1, -0.05) is 52.3 Å². The SMILES string of the molecule is CCOC(=O)C1=C(C)NC2=C(C(=O)c3ccccc3C2=O)C1c1cccc(Br)c1. The number of fused-ring (bicyclic) bond motifs is 1. The van der Waals surface area contributed by atoms with Gasteiger partial charge in [0.05, 0.1) is 17.9 Å². The maximum atomic E-state index is 13.5. The van der Waals surface area contributed by atoms with Crippen molar-refractivity contribution in [3.05, 3.63) is 92.2 Å². The van der Waals surface area contributed by atoms with Crippen molar-refractivity contribution in [2.75, 3.05) is 6.61 Å². The van der Waals surface area contributed by atoms with Crippen LogP contribution < -0.4 is 5.32 Å². The molecule has 146 valence electrons. The summed E-state index contributed by atoms with van der Waals surface area (Å²) in [6.45, 7) is 3.66. The summed E-state index contributed by atoms with van der Waals surface area (Å²) in [6, 6.07) is 14.2. The molecule has 0 bridgehead atoms. The maximum absolute atomic E-state index is 13.5. The maximum Gasteiger partial charge on any atom is 0.336 e. The van der Waals surface area contributed by atoms with Crippen LogP contribution in [0.4, 0.5) is 0 Å². The number of rotatable bonds is 3. The fourth-order valence-electron chi connectivity index (χ4n) is 3.91. The highest BCUT2D eigenvalue weighted by atomic mass is 79.9. The highest BCUT2D eigenvalue weighted by Gasteiger charge is 2.43. The van der Waals surface area contributed by atoms with E-state index in [0.29, 0.717) is 22.4 Å². The number of allylic oxidation sites excluding steroid dienone is 3. The molecule has 0 saturated heterocycles. The summed E-state index contributed by atoms with van der Waals surface area (Å²) >= 11 is 3.46. The van der Waals surface area contributed by atoms with Gasteiger partial charge in [-0.15, -0.1) is 0 Å². The molecule has 1 atom stereocenters. The Hall–Kier alpha value is -2.99. The topological polar surface area (TPSA) is 72.5 Å². The third kappa shape index (κ3) is 3.13. The molecule has 0 saturated carbocycles. The third-order valence-electron chi connectivity index (χ3n) is 5.13. The lowest BCUT2D eigenvalue weighted by Crippen LogP contribution is -2.38. The number of esters is 1. The highest BCUT2D eigenvalue weighted by molar-refractivity contribution is 9.10. The Morgan fingerprint density at radius 1 is 1.07 bits per heavy atom. The first kappa shape index (κ1) is 19.3. The second-order valence-electron chi connectivity index (χ2n) is 6.86. The van der Waals surface area contributed by atoms with Crippen molar-refractivity contribution in [3.8, 4) is 0 Å². The minimum absolute atomic E-state index is 0.211. The van der Waals surface area contributed by atoms with Crippen LogP contribution in [-0.2, 0) is 9.53 Å². The predicted octanol–water partition coefficient (Wildman–Crippen LogP) is 4.31. The Morgan fingerprint density at radius 2 is 1.76 bits per heavy atom. The summed E-state index contributed by atoms with van der Waals surface area (Å²) < 4.78 is 6.09. The molecule has 0 spiro atoms. The number of carbonyl (C=O) groups is 3. The first-order valence-corrected chi connectivity index (χ1v) is 10.1. The van der Waals surface area contributed by atoms with E-state index in [1.54, 1.807) is 38.1 Å². The number of benzene rings is 2. The molecule has 2 aromatic carbocycles. The average Bonchev–Trinajstić information content (AvgIpc) is 2.71. The van der Waals surface area contributed by atoms with Gasteiger partial charge in [-0.05, 0) is 31.5 Å². The van der Waals surface area contributed by atoms with E-state index in [-0.39, 0.29) is 29.4 Å². The van der Waals surface area contributed by atoms with Crippen LogP contribution in [0.2, 0.25) is 0 Å². The molecule has 2 aromatic rings. The van der Waals surface area contributed by atoms with Crippen LogP contribution in [0.25, 0.3) is 0 Å². The molecule has 2 aliphatic rings. The zero-order chi connectivity index (χ0) is 20.7. The van der Waals surface area contributed by atoms with Crippen molar-refractivity contribution < 1.29 is 19.1 Å². The number of dihydropyridines is 1. The fraction of sp³-hybridized carbons (Fsp3) is 0.174. The number of ketones is 2. The second kappa shape index (κ2) is 7.44. The molecule has 4 rings (SSSR count). The largest absolute Gasteiger partial charge is 0.463 e. The summed E-state index contributed by atoms with van der Waals surface area (Å²) in [6.07, 6.45) is 0. The number of carbonyl (C=O) groups excluding carboxylic acids is 3. The second-order valence-corrected chi connectivity index (χ2v) is 7.78. The van der Waals surface area contributed by atoms with Crippen LogP contribution in [0.15, 0.2) is 75.5 Å². The highest BCUT2D eigenvalue weighted by Crippen LogP contribution is 2.43. The molecule has 1 unspecified atom stereocenters. The fourth-order valence-corrected chi connectivity index (χ4v) is 4.33. The number of nitrogens with one attached hydrogen (secondary N) is 1. The number of Topliss-reactive ketones (excluding diaryl/α,β-unsaturated/α-hetero) is 2. The number of hydrogen-bond donors (Lipinski definition) is 1.